The lowest BCUT2D eigenvalue weighted by Crippen LogP contribution is -2.49. The van der Waals surface area contributed by atoms with Crippen LogP contribution in [-0.4, -0.2) is 8.07 Å². The van der Waals surface area contributed by atoms with Crippen LogP contribution in [-0.2, 0) is 0 Å². The maximum atomic E-state index is 2.52. The van der Waals surface area contributed by atoms with Crippen LogP contribution in [0, 0.1) is 0 Å². The first-order chi connectivity index (χ1) is 35.0. The molecule has 0 fully saturated rings. The third kappa shape index (κ3) is 8.27. The second kappa shape index (κ2) is 18.6. The lowest BCUT2D eigenvalue weighted by molar-refractivity contribution is 1.23. The number of rotatable bonds is 11. The monoisotopic (exact) mass is 924 g/mol. The molecule has 71 heavy (non-hydrogen) atoms. The van der Waals surface area contributed by atoms with E-state index in [1.54, 1.807) is 0 Å². The van der Waals surface area contributed by atoms with Gasteiger partial charge in [0.2, 0.25) is 0 Å². The molecule has 0 spiro atoms. The van der Waals surface area contributed by atoms with Gasteiger partial charge in [-0.3, -0.25) is 0 Å². The predicted molar refractivity (Wildman–Crippen MR) is 305 cm³/mol. The Morgan fingerprint density at radius 3 is 0.915 bits per heavy atom. The van der Waals surface area contributed by atoms with Crippen molar-refractivity contribution in [3.63, 3.8) is 0 Å². The van der Waals surface area contributed by atoms with E-state index in [2.05, 4.69) is 302 Å². The third-order valence-corrected chi connectivity index (χ3v) is 17.8. The molecule has 1 aliphatic heterocycles. The quantitative estimate of drug-likeness (QED) is 0.119. The average molecular weight is 925 g/mol. The van der Waals surface area contributed by atoms with Crippen LogP contribution < -0.4 is 20.2 Å². The van der Waals surface area contributed by atoms with Gasteiger partial charge >= 0.3 is 0 Å². The lowest BCUT2D eigenvalue weighted by Gasteiger charge is -2.35. The highest BCUT2D eigenvalue weighted by Gasteiger charge is 2.38. The fourth-order valence-corrected chi connectivity index (χ4v) is 13.7. The average Bonchev–Trinajstić information content (AvgIpc) is 3.67. The Morgan fingerprint density at radius 1 is 0.225 bits per heavy atom. The van der Waals surface area contributed by atoms with E-state index in [1.807, 2.05) is 0 Å². The summed E-state index contributed by atoms with van der Waals surface area (Å²) in [7, 11) is -2.07. The van der Waals surface area contributed by atoms with Crippen LogP contribution in [0.2, 0.25) is 13.1 Å². The molecule has 1 aliphatic rings. The molecule has 0 N–H and O–H groups in total. The van der Waals surface area contributed by atoms with E-state index in [9.17, 15) is 0 Å². The van der Waals surface area contributed by atoms with Gasteiger partial charge in [0.1, 0.15) is 8.07 Å². The first-order valence-corrected chi connectivity index (χ1v) is 27.6. The molecule has 0 aromatic heterocycles. The van der Waals surface area contributed by atoms with Crippen LogP contribution in [0.3, 0.4) is 0 Å². The Hall–Kier alpha value is -8.76. The summed E-state index contributed by atoms with van der Waals surface area (Å²) >= 11 is 0. The Morgan fingerprint density at radius 2 is 0.521 bits per heavy atom. The van der Waals surface area contributed by atoms with E-state index in [0.717, 1.165) is 56.4 Å². The molecular weight excluding hydrogens is 873 g/mol. The van der Waals surface area contributed by atoms with E-state index in [1.165, 1.54) is 54.9 Å². The van der Waals surface area contributed by atoms with Gasteiger partial charge in [0.05, 0.1) is 11.4 Å². The molecule has 0 bridgehead atoms. The van der Waals surface area contributed by atoms with E-state index in [-0.39, 0.29) is 0 Å². The Balaban J connectivity index is 1.15. The first kappa shape index (κ1) is 43.5. The van der Waals surface area contributed by atoms with Crippen molar-refractivity contribution in [2.45, 2.75) is 13.1 Å². The van der Waals surface area contributed by atoms with Crippen LogP contribution in [0.1, 0.15) is 0 Å². The number of benzene rings is 11. The van der Waals surface area contributed by atoms with Crippen LogP contribution >= 0.6 is 0 Å². The lowest BCUT2D eigenvalue weighted by atomic mass is 9.92. The molecule has 11 aromatic rings. The maximum Gasteiger partial charge on any atom is 0.113 e. The van der Waals surface area contributed by atoms with Gasteiger partial charge in [0, 0.05) is 22.7 Å². The van der Waals surface area contributed by atoms with E-state index < -0.39 is 8.07 Å². The summed E-state index contributed by atoms with van der Waals surface area (Å²) in [4.78, 5) is 4.98. The van der Waals surface area contributed by atoms with Crippen molar-refractivity contribution in [3.05, 3.63) is 279 Å². The summed E-state index contributed by atoms with van der Waals surface area (Å²) in [6.07, 6.45) is 0. The SMILES string of the molecule is C[Si]1(C)c2ccccc2-c2ccc(N(c3ccc(-c4ccccc4)cc3)c3cc(-c4ccccc4)c(-c4ccccc4)cc3N(c3ccc(-c4ccccc4)cc3)c3ccc(-c4ccccc4)cc3)cc21. The minimum atomic E-state index is -2.07. The van der Waals surface area contributed by atoms with Crippen LogP contribution in [0.5, 0.6) is 0 Å². The van der Waals surface area contributed by atoms with Crippen LogP contribution in [0.25, 0.3) is 66.8 Å². The zero-order chi connectivity index (χ0) is 47.7. The van der Waals surface area contributed by atoms with Gasteiger partial charge in [0.15, 0.2) is 0 Å². The molecule has 0 atom stereocenters. The highest BCUT2D eigenvalue weighted by Crippen LogP contribution is 2.51. The van der Waals surface area contributed by atoms with Crippen molar-refractivity contribution < 1.29 is 0 Å². The van der Waals surface area contributed by atoms with Crippen molar-refractivity contribution >= 4 is 52.6 Å². The fraction of sp³-hybridized carbons (Fsp3) is 0.0294. The minimum Gasteiger partial charge on any atom is -0.308 e. The van der Waals surface area contributed by atoms with Gasteiger partial charge in [-0.1, -0.05) is 231 Å². The number of hydrogen-bond acceptors (Lipinski definition) is 2. The summed E-state index contributed by atoms with van der Waals surface area (Å²) < 4.78 is 0. The summed E-state index contributed by atoms with van der Waals surface area (Å²) in [5.74, 6) is 0. The van der Waals surface area contributed by atoms with Gasteiger partial charge in [-0.15, -0.1) is 0 Å². The minimum absolute atomic E-state index is 1.05. The maximum absolute atomic E-state index is 2.52. The van der Waals surface area contributed by atoms with Gasteiger partial charge in [-0.05, 0) is 138 Å². The Bertz CT molecular complexity index is 3530. The summed E-state index contributed by atoms with van der Waals surface area (Å²) in [6.45, 7) is 5.02. The van der Waals surface area contributed by atoms with Crippen molar-refractivity contribution in [3.8, 4) is 66.8 Å². The number of hydrogen-bond donors (Lipinski definition) is 0. The predicted octanol–water partition coefficient (Wildman–Crippen LogP) is 17.8. The van der Waals surface area contributed by atoms with E-state index >= 15 is 0 Å². The molecule has 12 rings (SSSR count). The smallest absolute Gasteiger partial charge is 0.113 e. The third-order valence-electron chi connectivity index (χ3n) is 14.3. The molecule has 0 saturated carbocycles. The summed E-state index contributed by atoms with van der Waals surface area (Å²) in [5, 5.41) is 2.95. The number of fused-ring (bicyclic) bond motifs is 3. The molecule has 1 heterocycles. The normalized spacial score (nSPS) is 12.2. The summed E-state index contributed by atoms with van der Waals surface area (Å²) in [5.41, 5.74) is 20.8. The first-order valence-electron chi connectivity index (χ1n) is 24.6. The highest BCUT2D eigenvalue weighted by atomic mass is 28.3. The van der Waals surface area contributed by atoms with Crippen molar-refractivity contribution in [1.82, 2.24) is 0 Å². The van der Waals surface area contributed by atoms with Gasteiger partial charge in [-0.25, -0.2) is 0 Å². The molecule has 2 nitrogen and oxygen atoms in total. The zero-order valence-electron chi connectivity index (χ0n) is 40.0. The van der Waals surface area contributed by atoms with Gasteiger partial charge in [-0.2, -0.15) is 0 Å². The largest absolute Gasteiger partial charge is 0.308 e. The standard InChI is InChI=1S/C68H52N2Si/c1-71(2)67-31-19-18-30-61(67)62-45-44-60(46-68(62)71)70(59-42-36-54(37-43-59)51-24-12-5-13-25-51)66-48-64(56-28-16-7-17-29-56)63(55-26-14-6-15-27-55)47-65(66)69(57-38-32-52(33-39-57)49-20-8-3-9-21-49)58-40-34-53(35-41-58)50-22-10-4-11-23-50/h3-48H,1-2H3. The Labute approximate surface area is 419 Å². The second-order valence-electron chi connectivity index (χ2n) is 18.9. The van der Waals surface area contributed by atoms with E-state index in [4.69, 9.17) is 0 Å². The zero-order valence-corrected chi connectivity index (χ0v) is 41.0. The van der Waals surface area contributed by atoms with Crippen LogP contribution in [0.4, 0.5) is 34.1 Å². The fourth-order valence-electron chi connectivity index (χ4n) is 10.6. The van der Waals surface area contributed by atoms with Gasteiger partial charge in [0.25, 0.3) is 0 Å². The topological polar surface area (TPSA) is 6.48 Å². The van der Waals surface area contributed by atoms with Crippen molar-refractivity contribution in [2.24, 2.45) is 0 Å². The Kier molecular flexibility index (Phi) is 11.4. The van der Waals surface area contributed by atoms with Crippen molar-refractivity contribution in [2.75, 3.05) is 9.80 Å². The second-order valence-corrected chi connectivity index (χ2v) is 23.3. The molecule has 0 amide bonds. The van der Waals surface area contributed by atoms with E-state index in [0.29, 0.717) is 0 Å². The van der Waals surface area contributed by atoms with Gasteiger partial charge < -0.3 is 9.80 Å². The molecule has 0 unspecified atom stereocenters. The molecule has 3 heteroatoms. The molecule has 11 aromatic carbocycles. The van der Waals surface area contributed by atoms with Crippen LogP contribution in [0.15, 0.2) is 279 Å². The summed E-state index contributed by atoms with van der Waals surface area (Å²) in [6, 6.07) is 102. The molecule has 0 saturated heterocycles. The molecule has 338 valence electrons. The molecule has 0 radical (unpaired) electrons. The highest BCUT2D eigenvalue weighted by molar-refractivity contribution is 7.03. The number of anilines is 6. The molecule has 0 aliphatic carbocycles. The molecular formula is C68H52N2Si. The van der Waals surface area contributed by atoms with Crippen molar-refractivity contribution in [1.29, 1.82) is 0 Å². The number of nitrogens with zero attached hydrogens (tertiary/aromatic N) is 2.